The molecule has 0 unspecified atom stereocenters. The van der Waals surface area contributed by atoms with E-state index in [9.17, 15) is 18.3 Å². The fourth-order valence-electron chi connectivity index (χ4n) is 3.87. The van der Waals surface area contributed by atoms with Crippen LogP contribution < -0.4 is 4.90 Å². The molecule has 1 aromatic carbocycles. The maximum atomic E-state index is 13.2. The molecule has 2 aromatic heterocycles. The number of anilines is 1. The van der Waals surface area contributed by atoms with Gasteiger partial charge in [0, 0.05) is 41.5 Å². The molecule has 4 rings (SSSR count). The lowest BCUT2D eigenvalue weighted by atomic mass is 10.00. The molecule has 1 aliphatic heterocycles. The van der Waals surface area contributed by atoms with E-state index in [2.05, 4.69) is 15.2 Å². The first-order chi connectivity index (χ1) is 13.2. The maximum absolute atomic E-state index is 13.2. The van der Waals surface area contributed by atoms with Gasteiger partial charge in [0.15, 0.2) is 0 Å². The van der Waals surface area contributed by atoms with Gasteiger partial charge in [-0.2, -0.15) is 18.3 Å². The van der Waals surface area contributed by atoms with E-state index in [0.29, 0.717) is 36.1 Å². The Morgan fingerprint density at radius 3 is 2.64 bits per heavy atom. The Labute approximate surface area is 160 Å². The van der Waals surface area contributed by atoms with E-state index in [1.807, 2.05) is 24.8 Å². The van der Waals surface area contributed by atoms with Gasteiger partial charge in [0.2, 0.25) is 0 Å². The number of pyridine rings is 1. The number of aryl methyl sites for hydroxylation is 2. The molecule has 2 atom stereocenters. The van der Waals surface area contributed by atoms with Crippen LogP contribution in [-0.4, -0.2) is 39.5 Å². The third-order valence-electron chi connectivity index (χ3n) is 5.22. The highest BCUT2D eigenvalue weighted by Crippen LogP contribution is 2.36. The molecule has 3 heterocycles. The number of halogens is 3. The van der Waals surface area contributed by atoms with E-state index in [-0.39, 0.29) is 5.92 Å². The molecule has 28 heavy (non-hydrogen) atoms. The van der Waals surface area contributed by atoms with E-state index in [1.165, 1.54) is 6.07 Å². The number of rotatable bonds is 3. The summed E-state index contributed by atoms with van der Waals surface area (Å²) >= 11 is 0. The summed E-state index contributed by atoms with van der Waals surface area (Å²) in [5.41, 5.74) is 3.05. The summed E-state index contributed by atoms with van der Waals surface area (Å²) in [5, 5.41) is 18.1. The molecule has 1 saturated heterocycles. The minimum Gasteiger partial charge on any atom is -0.391 e. The van der Waals surface area contributed by atoms with E-state index >= 15 is 0 Å². The third-order valence-corrected chi connectivity index (χ3v) is 5.22. The summed E-state index contributed by atoms with van der Waals surface area (Å²) in [6, 6.07) is 7.34. The number of nitrogens with one attached hydrogen (secondary N) is 1. The van der Waals surface area contributed by atoms with Crippen LogP contribution in [0.1, 0.15) is 22.6 Å². The summed E-state index contributed by atoms with van der Waals surface area (Å²) in [6.45, 7) is 4.64. The summed E-state index contributed by atoms with van der Waals surface area (Å²) in [4.78, 5) is 6.32. The van der Waals surface area contributed by atoms with Crippen molar-refractivity contribution in [2.45, 2.75) is 32.5 Å². The van der Waals surface area contributed by atoms with Crippen molar-refractivity contribution in [1.82, 2.24) is 15.2 Å². The Bertz CT molecular complexity index is 1010. The van der Waals surface area contributed by atoms with Crippen molar-refractivity contribution in [3.8, 4) is 0 Å². The van der Waals surface area contributed by atoms with E-state index in [1.54, 1.807) is 6.07 Å². The van der Waals surface area contributed by atoms with Crippen LogP contribution in [0.2, 0.25) is 0 Å². The number of alkyl halides is 3. The van der Waals surface area contributed by atoms with Gasteiger partial charge in [-0.1, -0.05) is 0 Å². The van der Waals surface area contributed by atoms with Crippen LogP contribution in [0, 0.1) is 19.8 Å². The SMILES string of the molecule is Cc1cc(N2C[C@@H](Cc3cc(C)[nH]n3)[C@@H](O)C2)c2cc(C(F)(F)F)ccc2n1. The van der Waals surface area contributed by atoms with Crippen LogP contribution in [0.25, 0.3) is 10.9 Å². The molecule has 2 N–H and O–H groups in total. The normalized spacial score (nSPS) is 20.3. The first-order valence-corrected chi connectivity index (χ1v) is 9.13. The van der Waals surface area contributed by atoms with Crippen molar-refractivity contribution in [1.29, 1.82) is 0 Å². The topological polar surface area (TPSA) is 65.0 Å². The van der Waals surface area contributed by atoms with Crippen molar-refractivity contribution < 1.29 is 18.3 Å². The molecule has 148 valence electrons. The van der Waals surface area contributed by atoms with Gasteiger partial charge >= 0.3 is 6.18 Å². The monoisotopic (exact) mass is 390 g/mol. The minimum atomic E-state index is -4.42. The number of aliphatic hydroxyl groups is 1. The Morgan fingerprint density at radius 1 is 1.18 bits per heavy atom. The highest BCUT2D eigenvalue weighted by molar-refractivity contribution is 5.92. The predicted molar refractivity (Wildman–Crippen MR) is 100 cm³/mol. The number of fused-ring (bicyclic) bond motifs is 1. The molecule has 8 heteroatoms. The number of nitrogens with zero attached hydrogens (tertiary/aromatic N) is 3. The molecule has 1 aliphatic rings. The molecule has 0 radical (unpaired) electrons. The zero-order valence-corrected chi connectivity index (χ0v) is 15.6. The number of aromatic amines is 1. The lowest BCUT2D eigenvalue weighted by Gasteiger charge is -2.21. The lowest BCUT2D eigenvalue weighted by molar-refractivity contribution is -0.137. The predicted octanol–water partition coefficient (Wildman–Crippen LogP) is 3.63. The Morgan fingerprint density at radius 2 is 1.96 bits per heavy atom. The molecule has 0 amide bonds. The molecule has 3 aromatic rings. The quantitative estimate of drug-likeness (QED) is 0.717. The molecule has 1 fully saturated rings. The Kier molecular flexibility index (Phi) is 4.53. The highest BCUT2D eigenvalue weighted by Gasteiger charge is 2.34. The number of aromatic nitrogens is 3. The van der Waals surface area contributed by atoms with Crippen LogP contribution in [0.5, 0.6) is 0 Å². The number of β-amino-alcohol motifs (C(OH)–C–C–N with tert-alkyl or cyclic N) is 1. The van der Waals surface area contributed by atoms with Gasteiger partial charge in [-0.05, 0) is 50.6 Å². The van der Waals surface area contributed by atoms with Crippen molar-refractivity contribution >= 4 is 16.6 Å². The second-order valence-corrected chi connectivity index (χ2v) is 7.49. The van der Waals surface area contributed by atoms with Crippen molar-refractivity contribution in [2.75, 3.05) is 18.0 Å². The molecule has 5 nitrogen and oxygen atoms in total. The third kappa shape index (κ3) is 3.56. The average Bonchev–Trinajstić information content (AvgIpc) is 3.19. The molecule has 0 spiro atoms. The molecular weight excluding hydrogens is 369 g/mol. The second kappa shape index (κ2) is 6.77. The standard InChI is InChI=1S/C20H21F3N4O/c1-11-6-18(16-8-14(20(21,22)23)3-4-17(16)24-11)27-9-13(19(28)10-27)7-15-5-12(2)25-26-15/h3-6,8,13,19,28H,7,9-10H2,1-2H3,(H,25,26)/t13-,19+/m1/s1. The average molecular weight is 390 g/mol. The minimum absolute atomic E-state index is 0.0444. The molecule has 0 bridgehead atoms. The molecule has 0 aliphatic carbocycles. The van der Waals surface area contributed by atoms with Gasteiger partial charge in [0.25, 0.3) is 0 Å². The Hall–Kier alpha value is -2.61. The number of benzene rings is 1. The van der Waals surface area contributed by atoms with E-state index in [4.69, 9.17) is 0 Å². The van der Waals surface area contributed by atoms with Gasteiger partial charge in [-0.25, -0.2) is 0 Å². The fraction of sp³-hybridized carbons (Fsp3) is 0.400. The van der Waals surface area contributed by atoms with Crippen molar-refractivity contribution in [3.63, 3.8) is 0 Å². The summed E-state index contributed by atoms with van der Waals surface area (Å²) in [5.74, 6) is -0.0444. The van der Waals surface area contributed by atoms with Gasteiger partial charge in [0.1, 0.15) is 0 Å². The first-order valence-electron chi connectivity index (χ1n) is 9.13. The van der Waals surface area contributed by atoms with Gasteiger partial charge in [-0.15, -0.1) is 0 Å². The van der Waals surface area contributed by atoms with E-state index in [0.717, 1.165) is 29.2 Å². The lowest BCUT2D eigenvalue weighted by Crippen LogP contribution is -2.21. The van der Waals surface area contributed by atoms with Crippen molar-refractivity contribution in [3.05, 3.63) is 53.0 Å². The van der Waals surface area contributed by atoms with Gasteiger partial charge in [0.05, 0.1) is 22.9 Å². The highest BCUT2D eigenvalue weighted by atomic mass is 19.4. The number of aliphatic hydroxyl groups excluding tert-OH is 1. The first kappa shape index (κ1) is 18.7. The summed E-state index contributed by atoms with van der Waals surface area (Å²) in [7, 11) is 0. The molecule has 0 saturated carbocycles. The van der Waals surface area contributed by atoms with Crippen LogP contribution in [-0.2, 0) is 12.6 Å². The van der Waals surface area contributed by atoms with Crippen LogP contribution in [0.3, 0.4) is 0 Å². The number of hydrogen-bond acceptors (Lipinski definition) is 4. The maximum Gasteiger partial charge on any atom is 0.416 e. The van der Waals surface area contributed by atoms with Crippen LogP contribution >= 0.6 is 0 Å². The van der Waals surface area contributed by atoms with Gasteiger partial charge < -0.3 is 10.0 Å². The smallest absolute Gasteiger partial charge is 0.391 e. The number of H-pyrrole nitrogens is 1. The summed E-state index contributed by atoms with van der Waals surface area (Å²) in [6.07, 6.45) is -4.38. The zero-order valence-electron chi connectivity index (χ0n) is 15.6. The summed E-state index contributed by atoms with van der Waals surface area (Å²) < 4.78 is 39.6. The van der Waals surface area contributed by atoms with Gasteiger partial charge in [-0.3, -0.25) is 10.1 Å². The zero-order chi connectivity index (χ0) is 20.1. The molecular formula is C20H21F3N4O. The van der Waals surface area contributed by atoms with Crippen LogP contribution in [0.15, 0.2) is 30.3 Å². The Balaban J connectivity index is 1.68. The van der Waals surface area contributed by atoms with E-state index < -0.39 is 17.8 Å². The van der Waals surface area contributed by atoms with Crippen LogP contribution in [0.4, 0.5) is 18.9 Å². The largest absolute Gasteiger partial charge is 0.416 e. The number of hydrogen-bond donors (Lipinski definition) is 2. The second-order valence-electron chi connectivity index (χ2n) is 7.49. The van der Waals surface area contributed by atoms with Crippen molar-refractivity contribution in [2.24, 2.45) is 5.92 Å². The fourth-order valence-corrected chi connectivity index (χ4v) is 3.87.